The Morgan fingerprint density at radius 2 is 2.05 bits per heavy atom. The number of aliphatic hydroxyl groups excluding tert-OH is 1. The zero-order valence-corrected chi connectivity index (χ0v) is 11.0. The fourth-order valence-electron chi connectivity index (χ4n) is 3.06. The molecule has 0 saturated heterocycles. The maximum absolute atomic E-state index is 12.3. The van der Waals surface area contributed by atoms with E-state index in [1.807, 2.05) is 36.5 Å². The van der Waals surface area contributed by atoms with Crippen molar-refractivity contribution in [3.05, 3.63) is 46.9 Å². The summed E-state index contributed by atoms with van der Waals surface area (Å²) in [4.78, 5) is 12.3. The smallest absolute Gasteiger partial charge is 0.258 e. The van der Waals surface area contributed by atoms with Crippen molar-refractivity contribution in [2.24, 2.45) is 5.92 Å². The van der Waals surface area contributed by atoms with Crippen LogP contribution in [-0.2, 0) is 6.54 Å². The molecule has 2 aromatic rings. The molecular formula is C16H19NO2. The van der Waals surface area contributed by atoms with E-state index in [9.17, 15) is 9.90 Å². The Morgan fingerprint density at radius 3 is 2.84 bits per heavy atom. The molecule has 1 saturated carbocycles. The number of benzene rings is 1. The van der Waals surface area contributed by atoms with E-state index < -0.39 is 0 Å². The van der Waals surface area contributed by atoms with Crippen molar-refractivity contribution in [1.29, 1.82) is 0 Å². The van der Waals surface area contributed by atoms with Crippen LogP contribution in [0.2, 0.25) is 0 Å². The lowest BCUT2D eigenvalue weighted by molar-refractivity contribution is 0.125. The Hall–Kier alpha value is -1.61. The molecule has 2 atom stereocenters. The summed E-state index contributed by atoms with van der Waals surface area (Å²) in [6.07, 6.45) is 5.70. The number of rotatable bonds is 3. The molecule has 0 amide bonds. The molecule has 1 N–H and O–H groups in total. The van der Waals surface area contributed by atoms with Crippen molar-refractivity contribution >= 4 is 10.8 Å². The van der Waals surface area contributed by atoms with Gasteiger partial charge >= 0.3 is 0 Å². The van der Waals surface area contributed by atoms with E-state index in [0.29, 0.717) is 12.5 Å². The van der Waals surface area contributed by atoms with Crippen molar-refractivity contribution < 1.29 is 5.11 Å². The van der Waals surface area contributed by atoms with Crippen LogP contribution in [0.1, 0.15) is 25.7 Å². The lowest BCUT2D eigenvalue weighted by atomic mass is 10.0. The fraction of sp³-hybridized carbons (Fsp3) is 0.438. The van der Waals surface area contributed by atoms with Crippen LogP contribution in [0.3, 0.4) is 0 Å². The average molecular weight is 257 g/mol. The molecule has 3 heteroatoms. The second-order valence-electron chi connectivity index (χ2n) is 5.45. The largest absolute Gasteiger partial charge is 0.393 e. The number of hydrogen-bond acceptors (Lipinski definition) is 2. The van der Waals surface area contributed by atoms with Gasteiger partial charge in [-0.25, -0.2) is 0 Å². The Morgan fingerprint density at radius 1 is 1.21 bits per heavy atom. The summed E-state index contributed by atoms with van der Waals surface area (Å²) in [5, 5.41) is 11.6. The second-order valence-corrected chi connectivity index (χ2v) is 5.45. The van der Waals surface area contributed by atoms with E-state index in [2.05, 4.69) is 0 Å². The van der Waals surface area contributed by atoms with Crippen LogP contribution in [0.5, 0.6) is 0 Å². The predicted octanol–water partition coefficient (Wildman–Crippen LogP) is 2.55. The van der Waals surface area contributed by atoms with Crippen molar-refractivity contribution in [3.8, 4) is 0 Å². The quantitative estimate of drug-likeness (QED) is 0.918. The van der Waals surface area contributed by atoms with Gasteiger partial charge in [-0.3, -0.25) is 4.79 Å². The Balaban J connectivity index is 1.81. The molecule has 1 fully saturated rings. The van der Waals surface area contributed by atoms with E-state index in [4.69, 9.17) is 0 Å². The molecule has 19 heavy (non-hydrogen) atoms. The van der Waals surface area contributed by atoms with E-state index >= 15 is 0 Å². The number of aromatic nitrogens is 1. The molecule has 0 spiro atoms. The number of fused-ring (bicyclic) bond motifs is 1. The van der Waals surface area contributed by atoms with Gasteiger partial charge < -0.3 is 9.67 Å². The maximum Gasteiger partial charge on any atom is 0.258 e. The fourth-order valence-corrected chi connectivity index (χ4v) is 3.06. The maximum atomic E-state index is 12.3. The second kappa shape index (κ2) is 5.17. The predicted molar refractivity (Wildman–Crippen MR) is 76.2 cm³/mol. The standard InChI is InChI=1S/C16H19NO2/c18-15-7-3-5-13(15)9-11-17-10-8-12-4-1-2-6-14(12)16(17)19/h1-2,4,6,8,10,13,15,18H,3,5,7,9,11H2. The van der Waals surface area contributed by atoms with Gasteiger partial charge in [0.2, 0.25) is 0 Å². The van der Waals surface area contributed by atoms with E-state index in [-0.39, 0.29) is 11.7 Å². The van der Waals surface area contributed by atoms with Crippen molar-refractivity contribution in [2.45, 2.75) is 38.3 Å². The molecule has 2 unspecified atom stereocenters. The first kappa shape index (κ1) is 12.4. The van der Waals surface area contributed by atoms with Gasteiger partial charge in [0.15, 0.2) is 0 Å². The van der Waals surface area contributed by atoms with Gasteiger partial charge in [-0.05, 0) is 42.7 Å². The molecule has 0 bridgehead atoms. The number of pyridine rings is 1. The summed E-state index contributed by atoms with van der Waals surface area (Å²) >= 11 is 0. The summed E-state index contributed by atoms with van der Waals surface area (Å²) < 4.78 is 1.77. The molecule has 1 aliphatic carbocycles. The first-order chi connectivity index (χ1) is 9.25. The molecule has 1 heterocycles. The van der Waals surface area contributed by atoms with Crippen LogP contribution in [0.15, 0.2) is 41.3 Å². The van der Waals surface area contributed by atoms with Gasteiger partial charge in [-0.2, -0.15) is 0 Å². The minimum absolute atomic E-state index is 0.0746. The van der Waals surface area contributed by atoms with Crippen molar-refractivity contribution in [2.75, 3.05) is 0 Å². The van der Waals surface area contributed by atoms with Crippen molar-refractivity contribution in [3.63, 3.8) is 0 Å². The molecule has 3 nitrogen and oxygen atoms in total. The van der Waals surface area contributed by atoms with Crippen LogP contribution in [-0.4, -0.2) is 15.8 Å². The molecule has 1 aromatic heterocycles. The molecular weight excluding hydrogens is 238 g/mol. The third kappa shape index (κ3) is 2.43. The van der Waals surface area contributed by atoms with E-state index in [1.165, 1.54) is 0 Å². The highest BCUT2D eigenvalue weighted by Crippen LogP contribution is 2.28. The van der Waals surface area contributed by atoms with Crippen LogP contribution in [0.4, 0.5) is 0 Å². The Bertz CT molecular complexity index is 632. The third-order valence-corrected chi connectivity index (χ3v) is 4.25. The number of aliphatic hydroxyl groups is 1. The zero-order chi connectivity index (χ0) is 13.2. The van der Waals surface area contributed by atoms with Crippen LogP contribution < -0.4 is 5.56 Å². The molecule has 100 valence electrons. The van der Waals surface area contributed by atoms with Crippen LogP contribution in [0.25, 0.3) is 10.8 Å². The average Bonchev–Trinajstić information content (AvgIpc) is 2.84. The summed E-state index contributed by atoms with van der Waals surface area (Å²) in [5.41, 5.74) is 0.0746. The normalized spacial score (nSPS) is 23.0. The topological polar surface area (TPSA) is 42.2 Å². The number of aryl methyl sites for hydroxylation is 1. The zero-order valence-electron chi connectivity index (χ0n) is 11.0. The first-order valence-corrected chi connectivity index (χ1v) is 7.02. The van der Waals surface area contributed by atoms with Gasteiger partial charge in [0.05, 0.1) is 6.10 Å². The lowest BCUT2D eigenvalue weighted by Gasteiger charge is -2.15. The lowest BCUT2D eigenvalue weighted by Crippen LogP contribution is -2.22. The van der Waals surface area contributed by atoms with Gasteiger partial charge in [0, 0.05) is 18.1 Å². The summed E-state index contributed by atoms with van der Waals surface area (Å²) in [5.74, 6) is 0.360. The highest BCUT2D eigenvalue weighted by Gasteiger charge is 2.24. The van der Waals surface area contributed by atoms with Crippen LogP contribution in [0, 0.1) is 5.92 Å². The first-order valence-electron chi connectivity index (χ1n) is 7.02. The minimum Gasteiger partial charge on any atom is -0.393 e. The van der Waals surface area contributed by atoms with E-state index in [0.717, 1.165) is 36.5 Å². The molecule has 1 aromatic carbocycles. The molecule has 1 aliphatic rings. The monoisotopic (exact) mass is 257 g/mol. The van der Waals surface area contributed by atoms with Gasteiger partial charge in [0.1, 0.15) is 0 Å². The van der Waals surface area contributed by atoms with Gasteiger partial charge in [0.25, 0.3) is 5.56 Å². The molecule has 0 aliphatic heterocycles. The van der Waals surface area contributed by atoms with Crippen LogP contribution >= 0.6 is 0 Å². The third-order valence-electron chi connectivity index (χ3n) is 4.25. The van der Waals surface area contributed by atoms with Gasteiger partial charge in [-0.15, -0.1) is 0 Å². The number of nitrogens with zero attached hydrogens (tertiary/aromatic N) is 1. The van der Waals surface area contributed by atoms with Gasteiger partial charge in [-0.1, -0.05) is 24.6 Å². The number of hydrogen-bond donors (Lipinski definition) is 1. The van der Waals surface area contributed by atoms with E-state index in [1.54, 1.807) is 4.57 Å². The SMILES string of the molecule is O=c1c2ccccc2ccn1CCC1CCCC1O. The minimum atomic E-state index is -0.170. The molecule has 3 rings (SSSR count). The Kier molecular flexibility index (Phi) is 3.38. The molecule has 0 radical (unpaired) electrons. The highest BCUT2D eigenvalue weighted by molar-refractivity contribution is 5.81. The Labute approximate surface area is 112 Å². The highest BCUT2D eigenvalue weighted by atomic mass is 16.3. The summed E-state index contributed by atoms with van der Waals surface area (Å²) in [6, 6.07) is 9.66. The van der Waals surface area contributed by atoms with Crippen molar-refractivity contribution in [1.82, 2.24) is 4.57 Å². The summed E-state index contributed by atoms with van der Waals surface area (Å²) in [6.45, 7) is 0.700. The summed E-state index contributed by atoms with van der Waals surface area (Å²) in [7, 11) is 0.